The highest BCUT2D eigenvalue weighted by Crippen LogP contribution is 2.12. The first-order chi connectivity index (χ1) is 25.7. The quantitative estimate of drug-likeness (QED) is 0.0436. The van der Waals surface area contributed by atoms with E-state index >= 15 is 0 Å². The zero-order chi connectivity index (χ0) is 39.4. The molecular formula is C40H73N3O10. The highest BCUT2D eigenvalue weighted by atomic mass is 16.5. The van der Waals surface area contributed by atoms with Crippen molar-refractivity contribution in [1.82, 2.24) is 15.1 Å². The van der Waals surface area contributed by atoms with Crippen LogP contribution in [0.15, 0.2) is 0 Å². The molecule has 2 amide bonds. The molecule has 0 radical (unpaired) electrons. The fourth-order valence-corrected chi connectivity index (χ4v) is 5.97. The zero-order valence-corrected chi connectivity index (χ0v) is 33.7. The molecule has 0 aliphatic rings. The third-order valence-corrected chi connectivity index (χ3v) is 9.34. The lowest BCUT2D eigenvalue weighted by atomic mass is 10.1. The summed E-state index contributed by atoms with van der Waals surface area (Å²) >= 11 is 0. The SMILES string of the molecule is COC(=O)CCCCCN(CCCCCC(=O)OC)C(=O)CCCCCNCCCCCC(=O)N(CCCCCC(=O)OC)CCCCCC(=O)OC. The molecule has 308 valence electrons. The highest BCUT2D eigenvalue weighted by molar-refractivity contribution is 5.76. The second-order valence-corrected chi connectivity index (χ2v) is 13.7. The maximum absolute atomic E-state index is 13.0. The maximum Gasteiger partial charge on any atom is 0.305 e. The van der Waals surface area contributed by atoms with Gasteiger partial charge >= 0.3 is 23.9 Å². The molecule has 0 saturated carbocycles. The number of carbonyl (C=O) groups excluding carboxylic acids is 6. The van der Waals surface area contributed by atoms with Gasteiger partial charge in [0, 0.05) is 64.7 Å². The topological polar surface area (TPSA) is 158 Å². The summed E-state index contributed by atoms with van der Waals surface area (Å²) in [6.07, 6.45) is 18.1. The number of amides is 2. The van der Waals surface area contributed by atoms with Crippen molar-refractivity contribution in [3.05, 3.63) is 0 Å². The molecule has 0 heterocycles. The first-order valence-electron chi connectivity index (χ1n) is 20.2. The summed E-state index contributed by atoms with van der Waals surface area (Å²) in [4.78, 5) is 75.4. The van der Waals surface area contributed by atoms with Crippen LogP contribution in [0.5, 0.6) is 0 Å². The van der Waals surface area contributed by atoms with Crippen molar-refractivity contribution < 1.29 is 47.7 Å². The number of rotatable bonds is 36. The Morgan fingerprint density at radius 3 is 0.849 bits per heavy atom. The predicted molar refractivity (Wildman–Crippen MR) is 205 cm³/mol. The Hall–Kier alpha value is -3.22. The van der Waals surface area contributed by atoms with E-state index in [1.807, 2.05) is 9.80 Å². The highest BCUT2D eigenvalue weighted by Gasteiger charge is 2.15. The van der Waals surface area contributed by atoms with Crippen LogP contribution in [-0.4, -0.2) is 113 Å². The van der Waals surface area contributed by atoms with Gasteiger partial charge in [-0.05, 0) is 90.1 Å². The largest absolute Gasteiger partial charge is 0.469 e. The zero-order valence-electron chi connectivity index (χ0n) is 33.7. The standard InChI is InChI=1S/C40H73N3O10/c1-50-37(46)25-13-7-19-31-42(32-20-8-14-26-38(47)51-2)35(44)23-11-5-17-29-41-30-18-6-12-24-36(45)43(33-21-9-15-27-39(48)52-3)34-22-10-16-28-40(49)53-4/h41H,5-34H2,1-4H3. The van der Waals surface area contributed by atoms with Crippen molar-refractivity contribution in [3.8, 4) is 0 Å². The number of unbranched alkanes of at least 4 members (excludes halogenated alkanes) is 12. The van der Waals surface area contributed by atoms with Crippen molar-refractivity contribution in [3.63, 3.8) is 0 Å². The molecular weight excluding hydrogens is 682 g/mol. The Bertz CT molecular complexity index is 866. The Labute approximate surface area is 319 Å². The van der Waals surface area contributed by atoms with Gasteiger partial charge in [-0.1, -0.05) is 38.5 Å². The number of nitrogens with zero attached hydrogens (tertiary/aromatic N) is 2. The predicted octanol–water partition coefficient (Wildman–Crippen LogP) is 6.29. The van der Waals surface area contributed by atoms with E-state index in [4.69, 9.17) is 18.9 Å². The van der Waals surface area contributed by atoms with Gasteiger partial charge in [0.15, 0.2) is 0 Å². The summed E-state index contributed by atoms with van der Waals surface area (Å²) in [5.41, 5.74) is 0. The molecule has 0 fully saturated rings. The molecule has 0 aromatic heterocycles. The summed E-state index contributed by atoms with van der Waals surface area (Å²) in [6.45, 7) is 4.52. The van der Waals surface area contributed by atoms with E-state index < -0.39 is 0 Å². The Kier molecular flexibility index (Phi) is 33.6. The molecule has 1 N–H and O–H groups in total. The third-order valence-electron chi connectivity index (χ3n) is 9.34. The van der Waals surface area contributed by atoms with Crippen molar-refractivity contribution in [2.75, 3.05) is 67.7 Å². The van der Waals surface area contributed by atoms with E-state index in [1.165, 1.54) is 28.4 Å². The number of methoxy groups -OCH3 is 4. The van der Waals surface area contributed by atoms with Crippen LogP contribution in [0.25, 0.3) is 0 Å². The fraction of sp³-hybridized carbons (Fsp3) is 0.850. The average molecular weight is 756 g/mol. The molecule has 0 aliphatic heterocycles. The number of esters is 4. The van der Waals surface area contributed by atoms with Gasteiger partial charge in [-0.2, -0.15) is 0 Å². The van der Waals surface area contributed by atoms with Gasteiger partial charge in [-0.25, -0.2) is 0 Å². The lowest BCUT2D eigenvalue weighted by Crippen LogP contribution is -2.33. The van der Waals surface area contributed by atoms with E-state index in [1.54, 1.807) is 0 Å². The molecule has 0 aliphatic carbocycles. The average Bonchev–Trinajstić information content (AvgIpc) is 3.16. The molecule has 0 aromatic carbocycles. The molecule has 53 heavy (non-hydrogen) atoms. The van der Waals surface area contributed by atoms with E-state index in [9.17, 15) is 28.8 Å². The van der Waals surface area contributed by atoms with E-state index in [-0.39, 0.29) is 35.7 Å². The van der Waals surface area contributed by atoms with Crippen molar-refractivity contribution in [2.24, 2.45) is 0 Å². The number of hydrogen-bond donors (Lipinski definition) is 1. The monoisotopic (exact) mass is 756 g/mol. The van der Waals surface area contributed by atoms with Crippen LogP contribution in [0.3, 0.4) is 0 Å². The summed E-state index contributed by atoms with van der Waals surface area (Å²) in [5.74, 6) is -0.479. The summed E-state index contributed by atoms with van der Waals surface area (Å²) < 4.78 is 18.8. The normalized spacial score (nSPS) is 10.8. The van der Waals surface area contributed by atoms with Crippen LogP contribution >= 0.6 is 0 Å². The molecule has 0 spiro atoms. The number of ether oxygens (including phenoxy) is 4. The Morgan fingerprint density at radius 1 is 0.340 bits per heavy atom. The first-order valence-corrected chi connectivity index (χ1v) is 20.2. The molecule has 0 bridgehead atoms. The van der Waals surface area contributed by atoms with E-state index in [2.05, 4.69) is 5.32 Å². The van der Waals surface area contributed by atoms with Crippen LogP contribution in [0.1, 0.15) is 154 Å². The summed E-state index contributed by atoms with van der Waals surface area (Å²) in [7, 11) is 5.58. The summed E-state index contributed by atoms with van der Waals surface area (Å²) in [6, 6.07) is 0. The van der Waals surface area contributed by atoms with Gasteiger partial charge in [0.05, 0.1) is 28.4 Å². The van der Waals surface area contributed by atoms with Crippen LogP contribution in [0, 0.1) is 0 Å². The van der Waals surface area contributed by atoms with Gasteiger partial charge < -0.3 is 34.1 Å². The van der Waals surface area contributed by atoms with Crippen LogP contribution in [0.4, 0.5) is 0 Å². The van der Waals surface area contributed by atoms with Gasteiger partial charge in [-0.3, -0.25) is 28.8 Å². The van der Waals surface area contributed by atoms with Crippen molar-refractivity contribution >= 4 is 35.7 Å². The molecule has 0 atom stereocenters. The van der Waals surface area contributed by atoms with Crippen LogP contribution in [-0.2, 0) is 47.7 Å². The third kappa shape index (κ3) is 30.9. The second kappa shape index (κ2) is 35.8. The number of hydrogen-bond acceptors (Lipinski definition) is 11. The lowest BCUT2D eigenvalue weighted by molar-refractivity contribution is -0.141. The van der Waals surface area contributed by atoms with Crippen molar-refractivity contribution in [2.45, 2.75) is 154 Å². The minimum absolute atomic E-state index is 0.170. The maximum atomic E-state index is 13.0. The molecule has 13 nitrogen and oxygen atoms in total. The van der Waals surface area contributed by atoms with E-state index in [0.29, 0.717) is 64.7 Å². The smallest absolute Gasteiger partial charge is 0.305 e. The summed E-state index contributed by atoms with van der Waals surface area (Å²) in [5, 5.41) is 3.49. The molecule has 0 unspecified atom stereocenters. The van der Waals surface area contributed by atoms with Gasteiger partial charge in [0.1, 0.15) is 0 Å². The van der Waals surface area contributed by atoms with Gasteiger partial charge in [-0.15, -0.1) is 0 Å². The van der Waals surface area contributed by atoms with Gasteiger partial charge in [0.2, 0.25) is 11.8 Å². The molecule has 0 rings (SSSR count). The van der Waals surface area contributed by atoms with Crippen molar-refractivity contribution in [1.29, 1.82) is 0 Å². The minimum atomic E-state index is -0.205. The van der Waals surface area contributed by atoms with E-state index in [0.717, 1.165) is 129 Å². The minimum Gasteiger partial charge on any atom is -0.469 e. The Balaban J connectivity index is 4.31. The lowest BCUT2D eigenvalue weighted by Gasteiger charge is -2.23. The molecule has 0 aromatic rings. The molecule has 0 saturated heterocycles. The van der Waals surface area contributed by atoms with Crippen LogP contribution in [0.2, 0.25) is 0 Å². The number of carbonyl (C=O) groups is 6. The number of nitrogens with one attached hydrogen (secondary N) is 1. The molecule has 13 heteroatoms. The Morgan fingerprint density at radius 2 is 0.585 bits per heavy atom. The van der Waals surface area contributed by atoms with Crippen LogP contribution < -0.4 is 5.32 Å². The van der Waals surface area contributed by atoms with Gasteiger partial charge in [0.25, 0.3) is 0 Å². The fourth-order valence-electron chi connectivity index (χ4n) is 5.97. The first kappa shape index (κ1) is 49.8. The second-order valence-electron chi connectivity index (χ2n) is 13.7.